The van der Waals surface area contributed by atoms with Crippen molar-refractivity contribution in [3.8, 4) is 0 Å². The average molecular weight is 274 g/mol. The predicted molar refractivity (Wildman–Crippen MR) is 74.9 cm³/mol. The van der Waals surface area contributed by atoms with Gasteiger partial charge in [-0.2, -0.15) is 0 Å². The highest BCUT2D eigenvalue weighted by Gasteiger charge is 2.27. The second kappa shape index (κ2) is 5.15. The predicted octanol–water partition coefficient (Wildman–Crippen LogP) is 1.59. The van der Waals surface area contributed by atoms with Crippen molar-refractivity contribution in [3.63, 3.8) is 0 Å². The van der Waals surface area contributed by atoms with E-state index in [2.05, 4.69) is 5.32 Å². The monoisotopic (exact) mass is 274 g/mol. The molecule has 1 amide bonds. The van der Waals surface area contributed by atoms with E-state index in [9.17, 15) is 9.59 Å². The van der Waals surface area contributed by atoms with Gasteiger partial charge in [0.1, 0.15) is 0 Å². The molecule has 0 aromatic heterocycles. The number of amides is 1. The Morgan fingerprint density at radius 3 is 2.70 bits per heavy atom. The third-order valence-corrected chi connectivity index (χ3v) is 4.20. The Bertz CT molecular complexity index is 548. The maximum absolute atomic E-state index is 12.4. The number of piperidine rings is 1. The standard InChI is InChI=1S/C15H18N2O3/c18-14(17-7-4-11(5-8-17)15(19)20)12-2-1-10-3-6-16-13(10)9-12/h1-2,9,11,16H,3-8H2,(H,19,20). The minimum absolute atomic E-state index is 0.00494. The van der Waals surface area contributed by atoms with E-state index < -0.39 is 5.97 Å². The van der Waals surface area contributed by atoms with E-state index in [0.717, 1.165) is 18.7 Å². The van der Waals surface area contributed by atoms with E-state index >= 15 is 0 Å². The number of carboxylic acid groups (broad SMARTS) is 1. The van der Waals surface area contributed by atoms with Crippen LogP contribution in [0.2, 0.25) is 0 Å². The summed E-state index contributed by atoms with van der Waals surface area (Å²) < 4.78 is 0. The number of carbonyl (C=O) groups excluding carboxylic acids is 1. The van der Waals surface area contributed by atoms with Gasteiger partial charge in [0, 0.05) is 30.9 Å². The lowest BCUT2D eigenvalue weighted by molar-refractivity contribution is -0.143. The van der Waals surface area contributed by atoms with Gasteiger partial charge in [-0.25, -0.2) is 0 Å². The molecule has 2 heterocycles. The normalized spacial score (nSPS) is 18.5. The van der Waals surface area contributed by atoms with Crippen molar-refractivity contribution in [2.24, 2.45) is 5.92 Å². The van der Waals surface area contributed by atoms with E-state index in [0.29, 0.717) is 31.5 Å². The van der Waals surface area contributed by atoms with Crippen molar-refractivity contribution in [1.29, 1.82) is 0 Å². The molecule has 0 unspecified atom stereocenters. The lowest BCUT2D eigenvalue weighted by Crippen LogP contribution is -2.40. The molecule has 0 bridgehead atoms. The van der Waals surface area contributed by atoms with E-state index in [1.54, 1.807) is 4.90 Å². The first-order valence-corrected chi connectivity index (χ1v) is 7.04. The fourth-order valence-corrected chi connectivity index (χ4v) is 2.94. The topological polar surface area (TPSA) is 69.6 Å². The molecule has 2 aliphatic heterocycles. The van der Waals surface area contributed by atoms with Crippen LogP contribution >= 0.6 is 0 Å². The molecule has 0 radical (unpaired) electrons. The molecular formula is C15H18N2O3. The van der Waals surface area contributed by atoms with Crippen LogP contribution < -0.4 is 5.32 Å². The molecule has 106 valence electrons. The molecule has 1 aromatic carbocycles. The molecule has 0 spiro atoms. The van der Waals surface area contributed by atoms with Gasteiger partial charge in [0.2, 0.25) is 0 Å². The molecule has 0 aliphatic carbocycles. The number of nitrogens with zero attached hydrogens (tertiary/aromatic N) is 1. The minimum Gasteiger partial charge on any atom is -0.481 e. The van der Waals surface area contributed by atoms with Crippen LogP contribution in [0.4, 0.5) is 5.69 Å². The number of aliphatic carboxylic acids is 1. The second-order valence-corrected chi connectivity index (χ2v) is 5.45. The lowest BCUT2D eigenvalue weighted by atomic mass is 9.96. The van der Waals surface area contributed by atoms with Crippen LogP contribution in [-0.4, -0.2) is 41.5 Å². The van der Waals surface area contributed by atoms with Gasteiger partial charge in [-0.3, -0.25) is 9.59 Å². The summed E-state index contributed by atoms with van der Waals surface area (Å²) in [6, 6.07) is 5.79. The Kier molecular flexibility index (Phi) is 3.34. The molecule has 5 nitrogen and oxygen atoms in total. The van der Waals surface area contributed by atoms with Crippen LogP contribution in [0.25, 0.3) is 0 Å². The van der Waals surface area contributed by atoms with Gasteiger partial charge in [0.15, 0.2) is 0 Å². The second-order valence-electron chi connectivity index (χ2n) is 5.45. The van der Waals surface area contributed by atoms with Crippen molar-refractivity contribution < 1.29 is 14.7 Å². The largest absolute Gasteiger partial charge is 0.481 e. The van der Waals surface area contributed by atoms with Crippen LogP contribution in [-0.2, 0) is 11.2 Å². The van der Waals surface area contributed by atoms with Gasteiger partial charge in [-0.15, -0.1) is 0 Å². The summed E-state index contributed by atoms with van der Waals surface area (Å²) in [4.78, 5) is 25.1. The van der Waals surface area contributed by atoms with Gasteiger partial charge >= 0.3 is 5.97 Å². The Balaban J connectivity index is 1.69. The number of fused-ring (bicyclic) bond motifs is 1. The first kappa shape index (κ1) is 13.0. The van der Waals surface area contributed by atoms with E-state index in [1.165, 1.54) is 5.56 Å². The third kappa shape index (κ3) is 2.35. The zero-order valence-corrected chi connectivity index (χ0v) is 11.3. The van der Waals surface area contributed by atoms with Crippen molar-refractivity contribution in [2.45, 2.75) is 19.3 Å². The van der Waals surface area contributed by atoms with E-state index in [1.807, 2.05) is 18.2 Å². The summed E-state index contributed by atoms with van der Waals surface area (Å²) in [5, 5.41) is 12.2. The Morgan fingerprint density at radius 1 is 1.25 bits per heavy atom. The molecule has 0 atom stereocenters. The molecule has 5 heteroatoms. The van der Waals surface area contributed by atoms with Crippen molar-refractivity contribution in [1.82, 2.24) is 4.90 Å². The van der Waals surface area contributed by atoms with Gasteiger partial charge in [0.05, 0.1) is 5.92 Å². The number of rotatable bonds is 2. The highest BCUT2D eigenvalue weighted by atomic mass is 16.4. The summed E-state index contributed by atoms with van der Waals surface area (Å²) in [5.41, 5.74) is 2.99. The van der Waals surface area contributed by atoms with Crippen LogP contribution in [0.3, 0.4) is 0 Å². The maximum atomic E-state index is 12.4. The number of likely N-dealkylation sites (tertiary alicyclic amines) is 1. The molecule has 1 aromatic rings. The van der Waals surface area contributed by atoms with E-state index in [-0.39, 0.29) is 11.8 Å². The SMILES string of the molecule is O=C(O)C1CCN(C(=O)c2ccc3c(c2)NCC3)CC1. The highest BCUT2D eigenvalue weighted by Crippen LogP contribution is 2.25. The zero-order valence-electron chi connectivity index (χ0n) is 11.3. The molecule has 2 aliphatic rings. The number of benzene rings is 1. The van der Waals surface area contributed by atoms with Gasteiger partial charge in [0.25, 0.3) is 5.91 Å². The fourth-order valence-electron chi connectivity index (χ4n) is 2.94. The average Bonchev–Trinajstić information content (AvgIpc) is 2.94. The molecule has 20 heavy (non-hydrogen) atoms. The van der Waals surface area contributed by atoms with Gasteiger partial charge in [-0.1, -0.05) is 6.07 Å². The van der Waals surface area contributed by atoms with Crippen molar-refractivity contribution >= 4 is 17.6 Å². The van der Waals surface area contributed by atoms with Gasteiger partial charge in [-0.05, 0) is 37.0 Å². The van der Waals surface area contributed by atoms with Crippen LogP contribution in [0.15, 0.2) is 18.2 Å². The summed E-state index contributed by atoms with van der Waals surface area (Å²) in [7, 11) is 0. The molecular weight excluding hydrogens is 256 g/mol. The number of hydrogen-bond donors (Lipinski definition) is 2. The smallest absolute Gasteiger partial charge is 0.306 e. The Labute approximate surface area is 117 Å². The maximum Gasteiger partial charge on any atom is 0.306 e. The first-order valence-electron chi connectivity index (χ1n) is 7.04. The van der Waals surface area contributed by atoms with Crippen LogP contribution in [0.5, 0.6) is 0 Å². The molecule has 0 saturated carbocycles. The van der Waals surface area contributed by atoms with Gasteiger partial charge < -0.3 is 15.3 Å². The number of carboxylic acids is 1. The first-order chi connectivity index (χ1) is 9.65. The van der Waals surface area contributed by atoms with Crippen molar-refractivity contribution in [3.05, 3.63) is 29.3 Å². The molecule has 1 fully saturated rings. The summed E-state index contributed by atoms with van der Waals surface area (Å²) >= 11 is 0. The molecule has 1 saturated heterocycles. The zero-order chi connectivity index (χ0) is 14.1. The number of nitrogens with one attached hydrogen (secondary N) is 1. The number of anilines is 1. The summed E-state index contributed by atoms with van der Waals surface area (Å²) in [5.74, 6) is -1.05. The lowest BCUT2D eigenvalue weighted by Gasteiger charge is -2.30. The minimum atomic E-state index is -0.751. The van der Waals surface area contributed by atoms with Crippen molar-refractivity contribution in [2.75, 3.05) is 25.0 Å². The molecule has 3 rings (SSSR count). The molecule has 2 N–H and O–H groups in total. The fraction of sp³-hybridized carbons (Fsp3) is 0.467. The quantitative estimate of drug-likeness (QED) is 0.859. The summed E-state index contributed by atoms with van der Waals surface area (Å²) in [6.45, 7) is 1.98. The summed E-state index contributed by atoms with van der Waals surface area (Å²) in [6.07, 6.45) is 2.10. The third-order valence-electron chi connectivity index (χ3n) is 4.20. The van der Waals surface area contributed by atoms with E-state index in [4.69, 9.17) is 5.11 Å². The van der Waals surface area contributed by atoms with Crippen LogP contribution in [0, 0.1) is 5.92 Å². The Hall–Kier alpha value is -2.04. The van der Waals surface area contributed by atoms with Crippen LogP contribution in [0.1, 0.15) is 28.8 Å². The number of hydrogen-bond acceptors (Lipinski definition) is 3. The Morgan fingerprint density at radius 2 is 2.00 bits per heavy atom. The number of carbonyl (C=O) groups is 2. The highest BCUT2D eigenvalue weighted by molar-refractivity contribution is 5.95.